The van der Waals surface area contributed by atoms with E-state index in [1.807, 2.05) is 0 Å². The van der Waals surface area contributed by atoms with Gasteiger partial charge in [-0.3, -0.25) is 0 Å². The fraction of sp³-hybridized carbons (Fsp3) is 0.714. The van der Waals surface area contributed by atoms with Crippen LogP contribution in [0.1, 0.15) is 32.6 Å². The fourth-order valence-corrected chi connectivity index (χ4v) is 4.03. The molecule has 3 rings (SSSR count). The van der Waals surface area contributed by atoms with E-state index in [9.17, 15) is 0 Å². The van der Waals surface area contributed by atoms with Gasteiger partial charge in [0.25, 0.3) is 0 Å². The van der Waals surface area contributed by atoms with Gasteiger partial charge in [-0.15, -0.1) is 0 Å². The van der Waals surface area contributed by atoms with Crippen molar-refractivity contribution in [2.75, 3.05) is 0 Å². The molecular weight excluding hydrogens is 192 g/mol. The maximum Gasteiger partial charge on any atom is 2.00 e. The van der Waals surface area contributed by atoms with Crippen LogP contribution in [0.2, 0.25) is 0 Å². The molecule has 0 aliphatic heterocycles. The molecule has 3 aliphatic carbocycles. The maximum atomic E-state index is 4.08. The minimum absolute atomic E-state index is 0. The summed E-state index contributed by atoms with van der Waals surface area (Å²) in [4.78, 5) is 0. The van der Waals surface area contributed by atoms with Gasteiger partial charge in [0.1, 0.15) is 0 Å². The maximum absolute atomic E-state index is 4.08. The van der Waals surface area contributed by atoms with Gasteiger partial charge in [0.15, 0.2) is 0 Å². The average Bonchev–Trinajstić information content (AvgIpc) is 2.92. The van der Waals surface area contributed by atoms with Crippen molar-refractivity contribution in [3.8, 4) is 0 Å². The van der Waals surface area contributed by atoms with Crippen molar-refractivity contribution in [2.45, 2.75) is 32.6 Å². The molecule has 2 fully saturated rings. The Bertz CT molecular complexity index is 219. The molecular formula is C14H22Mg. The number of hydrogen-bond acceptors (Lipinski definition) is 0. The summed E-state index contributed by atoms with van der Waals surface area (Å²) in [7, 11) is 0. The topological polar surface area (TPSA) is 0 Å². The molecule has 5 atom stereocenters. The first-order valence-electron chi connectivity index (χ1n) is 6.06. The summed E-state index contributed by atoms with van der Waals surface area (Å²) in [5, 5.41) is 0. The molecule has 0 unspecified atom stereocenters. The van der Waals surface area contributed by atoms with E-state index in [1.54, 1.807) is 6.92 Å². The van der Waals surface area contributed by atoms with Gasteiger partial charge in [0.2, 0.25) is 0 Å². The Morgan fingerprint density at radius 2 is 1.93 bits per heavy atom. The van der Waals surface area contributed by atoms with Crippen molar-refractivity contribution in [3.05, 3.63) is 26.0 Å². The molecule has 0 N–H and O–H groups in total. The Labute approximate surface area is 111 Å². The molecule has 80 valence electrons. The van der Waals surface area contributed by atoms with Crippen LogP contribution in [-0.2, 0) is 0 Å². The van der Waals surface area contributed by atoms with Gasteiger partial charge >= 0.3 is 23.1 Å². The standard InChI is InChI=1S/C12H17.C2H5.Mg/c1-2-8-6-9-7-12(8)11-5-3-4-10(9)11;1-2;/h3-4,8-12H,1-2,5-7H2;1H2,2H3;/q2*-1;+2/t8-,9-,10-,11-,12-;;/m1../s1. The van der Waals surface area contributed by atoms with Crippen LogP contribution in [0.4, 0.5) is 0 Å². The van der Waals surface area contributed by atoms with E-state index >= 15 is 0 Å². The van der Waals surface area contributed by atoms with E-state index in [0.29, 0.717) is 0 Å². The fourth-order valence-electron chi connectivity index (χ4n) is 4.03. The smallest absolute Gasteiger partial charge is 0.346 e. The van der Waals surface area contributed by atoms with Crippen LogP contribution in [-0.4, -0.2) is 23.1 Å². The Morgan fingerprint density at radius 1 is 1.20 bits per heavy atom. The SMILES string of the molecule is [CH2-]C.[CH2-]C[C@@H]1C[C@@H]2C[C@H]1[C@@H]1CC=C[C@H]21.[Mg+2]. The first-order chi connectivity index (χ1) is 6.90. The van der Waals surface area contributed by atoms with Gasteiger partial charge in [0.05, 0.1) is 0 Å². The second kappa shape index (κ2) is 5.72. The number of fused-ring (bicyclic) bond motifs is 5. The molecule has 0 aromatic carbocycles. The monoisotopic (exact) mass is 214 g/mol. The van der Waals surface area contributed by atoms with E-state index in [1.165, 1.54) is 25.7 Å². The number of rotatable bonds is 1. The summed E-state index contributed by atoms with van der Waals surface area (Å²) in [5.74, 6) is 5.10. The Balaban J connectivity index is 0.000000356. The van der Waals surface area contributed by atoms with Crippen molar-refractivity contribution in [1.29, 1.82) is 0 Å². The van der Waals surface area contributed by atoms with Gasteiger partial charge < -0.3 is 13.8 Å². The number of hydrogen-bond donors (Lipinski definition) is 0. The van der Waals surface area contributed by atoms with Crippen molar-refractivity contribution >= 4 is 23.1 Å². The van der Waals surface area contributed by atoms with Crippen molar-refractivity contribution in [1.82, 2.24) is 0 Å². The van der Waals surface area contributed by atoms with Gasteiger partial charge in [0, 0.05) is 0 Å². The van der Waals surface area contributed by atoms with Crippen LogP contribution >= 0.6 is 0 Å². The molecule has 3 aliphatic rings. The summed E-state index contributed by atoms with van der Waals surface area (Å²) < 4.78 is 0. The molecule has 0 aromatic heterocycles. The van der Waals surface area contributed by atoms with E-state index in [0.717, 1.165) is 29.6 Å². The summed E-state index contributed by atoms with van der Waals surface area (Å²) >= 11 is 0. The molecule has 0 spiro atoms. The van der Waals surface area contributed by atoms with Crippen LogP contribution in [0.5, 0.6) is 0 Å². The third kappa shape index (κ3) is 2.15. The molecule has 0 nitrogen and oxygen atoms in total. The van der Waals surface area contributed by atoms with E-state index in [4.69, 9.17) is 0 Å². The van der Waals surface area contributed by atoms with Crippen LogP contribution < -0.4 is 0 Å². The zero-order valence-electron chi connectivity index (χ0n) is 9.99. The molecule has 15 heavy (non-hydrogen) atoms. The quantitative estimate of drug-likeness (QED) is 0.356. The summed E-state index contributed by atoms with van der Waals surface area (Å²) in [5.41, 5.74) is 0. The normalized spacial score (nSPS) is 44.3. The zero-order valence-corrected chi connectivity index (χ0v) is 11.4. The second-order valence-electron chi connectivity index (χ2n) is 4.85. The van der Waals surface area contributed by atoms with Gasteiger partial charge in [-0.25, -0.2) is 0 Å². The summed E-state index contributed by atoms with van der Waals surface area (Å²) in [6.45, 7) is 9.08. The Kier molecular flexibility index (Phi) is 5.18. The Morgan fingerprint density at radius 3 is 2.60 bits per heavy atom. The zero-order chi connectivity index (χ0) is 10.1. The molecule has 0 radical (unpaired) electrons. The van der Waals surface area contributed by atoms with Crippen LogP contribution in [0, 0.1) is 43.4 Å². The van der Waals surface area contributed by atoms with Crippen LogP contribution in [0.3, 0.4) is 0 Å². The molecule has 0 saturated heterocycles. The minimum atomic E-state index is 0. The van der Waals surface area contributed by atoms with E-state index < -0.39 is 0 Å². The molecule has 0 aromatic rings. The number of allylic oxidation sites excluding steroid dienone is 2. The minimum Gasteiger partial charge on any atom is -0.346 e. The average molecular weight is 215 g/mol. The molecule has 0 amide bonds. The van der Waals surface area contributed by atoms with Gasteiger partial charge in [-0.05, 0) is 42.9 Å². The molecule has 2 bridgehead atoms. The Hall–Kier alpha value is 0.506. The van der Waals surface area contributed by atoms with Crippen molar-refractivity contribution in [3.63, 3.8) is 0 Å². The van der Waals surface area contributed by atoms with Gasteiger partial charge in [-0.2, -0.15) is 13.3 Å². The first-order valence-corrected chi connectivity index (χ1v) is 6.06. The van der Waals surface area contributed by atoms with Crippen molar-refractivity contribution in [2.24, 2.45) is 29.6 Å². The summed E-state index contributed by atoms with van der Waals surface area (Å²) in [6, 6.07) is 0. The largest absolute Gasteiger partial charge is 2.00 e. The molecule has 2 saturated carbocycles. The first kappa shape index (κ1) is 13.6. The van der Waals surface area contributed by atoms with Gasteiger partial charge in [-0.1, -0.05) is 18.1 Å². The predicted molar refractivity (Wildman–Crippen MR) is 67.2 cm³/mol. The van der Waals surface area contributed by atoms with E-state index in [2.05, 4.69) is 26.0 Å². The second-order valence-corrected chi connectivity index (χ2v) is 4.85. The van der Waals surface area contributed by atoms with Crippen molar-refractivity contribution < 1.29 is 0 Å². The molecule has 1 heteroatoms. The predicted octanol–water partition coefficient (Wildman–Crippen LogP) is 3.52. The summed E-state index contributed by atoms with van der Waals surface area (Å²) in [6.07, 6.45) is 10.5. The third-order valence-electron chi connectivity index (χ3n) is 4.51. The van der Waals surface area contributed by atoms with Crippen LogP contribution in [0.15, 0.2) is 12.2 Å². The van der Waals surface area contributed by atoms with E-state index in [-0.39, 0.29) is 23.1 Å². The third-order valence-corrected chi connectivity index (χ3v) is 4.51. The molecule has 0 heterocycles. The van der Waals surface area contributed by atoms with Crippen LogP contribution in [0.25, 0.3) is 0 Å².